The average Bonchev–Trinajstić information content (AvgIpc) is 2.65. The lowest BCUT2D eigenvalue weighted by Crippen LogP contribution is -2.46. The van der Waals surface area contributed by atoms with E-state index in [-0.39, 0.29) is 0 Å². The van der Waals surface area contributed by atoms with Crippen molar-refractivity contribution in [3.63, 3.8) is 0 Å². The van der Waals surface area contributed by atoms with Gasteiger partial charge in [-0.3, -0.25) is 4.79 Å². The van der Waals surface area contributed by atoms with Crippen LogP contribution in [0.15, 0.2) is 0 Å². The van der Waals surface area contributed by atoms with E-state index in [2.05, 4.69) is 11.8 Å². The lowest BCUT2D eigenvalue weighted by molar-refractivity contribution is -0.135. The third-order valence-electron chi connectivity index (χ3n) is 3.78. The summed E-state index contributed by atoms with van der Waals surface area (Å²) in [5.74, 6) is 1.24. The minimum atomic E-state index is 0.407. The van der Waals surface area contributed by atoms with Gasteiger partial charge in [-0.05, 0) is 38.0 Å². The van der Waals surface area contributed by atoms with Crippen molar-refractivity contribution in [1.82, 2.24) is 4.90 Å². The molecule has 14 heavy (non-hydrogen) atoms. The van der Waals surface area contributed by atoms with Crippen LogP contribution in [0.25, 0.3) is 0 Å². The molecule has 1 saturated heterocycles. The van der Waals surface area contributed by atoms with Gasteiger partial charge >= 0.3 is 0 Å². The van der Waals surface area contributed by atoms with Gasteiger partial charge in [0.05, 0.1) is 0 Å². The summed E-state index contributed by atoms with van der Waals surface area (Å²) in [6.07, 6.45) is 8.30. The van der Waals surface area contributed by atoms with Gasteiger partial charge in [-0.2, -0.15) is 0 Å². The number of nitrogens with zero attached hydrogens (tertiary/aromatic N) is 1. The molecule has 1 saturated carbocycles. The predicted molar refractivity (Wildman–Crippen MR) is 57.0 cm³/mol. The molecule has 1 amide bonds. The molecule has 0 N–H and O–H groups in total. The number of carbonyl (C=O) groups excluding carboxylic acids is 1. The van der Waals surface area contributed by atoms with Crippen LogP contribution in [0, 0.1) is 5.92 Å². The summed E-state index contributed by atoms with van der Waals surface area (Å²) in [7, 11) is 0. The quantitative estimate of drug-likeness (QED) is 0.663. The van der Waals surface area contributed by atoms with Crippen molar-refractivity contribution in [3.8, 4) is 0 Å². The average molecular weight is 195 g/mol. The van der Waals surface area contributed by atoms with Crippen LogP contribution in [0.3, 0.4) is 0 Å². The molecular formula is C12H21NO. The van der Waals surface area contributed by atoms with Crippen LogP contribution in [-0.2, 0) is 4.79 Å². The third-order valence-corrected chi connectivity index (χ3v) is 3.78. The number of amides is 1. The Morgan fingerprint density at radius 2 is 2.07 bits per heavy atom. The second kappa shape index (κ2) is 4.33. The van der Waals surface area contributed by atoms with Crippen molar-refractivity contribution >= 4 is 5.91 Å². The van der Waals surface area contributed by atoms with Crippen molar-refractivity contribution in [2.75, 3.05) is 6.54 Å². The molecule has 0 aromatic heterocycles. The topological polar surface area (TPSA) is 20.3 Å². The number of rotatable bonds is 2. The van der Waals surface area contributed by atoms with Gasteiger partial charge in [0.1, 0.15) is 0 Å². The molecule has 0 radical (unpaired) electrons. The summed E-state index contributed by atoms with van der Waals surface area (Å²) in [5.41, 5.74) is 0. The smallest absolute Gasteiger partial charge is 0.222 e. The molecule has 2 rings (SSSR count). The first-order valence-electron chi connectivity index (χ1n) is 6.12. The van der Waals surface area contributed by atoms with Crippen molar-refractivity contribution < 1.29 is 4.79 Å². The largest absolute Gasteiger partial charge is 0.339 e. The fourth-order valence-electron chi connectivity index (χ4n) is 3.12. The zero-order valence-corrected chi connectivity index (χ0v) is 9.17. The maximum atomic E-state index is 11.9. The van der Waals surface area contributed by atoms with Gasteiger partial charge in [0, 0.05) is 19.0 Å². The van der Waals surface area contributed by atoms with Crippen LogP contribution in [0.4, 0.5) is 0 Å². The summed E-state index contributed by atoms with van der Waals surface area (Å²) < 4.78 is 0. The van der Waals surface area contributed by atoms with E-state index in [1.54, 1.807) is 0 Å². The van der Waals surface area contributed by atoms with Gasteiger partial charge in [0.15, 0.2) is 0 Å². The Labute approximate surface area is 86.7 Å². The molecule has 2 aliphatic rings. The highest BCUT2D eigenvalue weighted by molar-refractivity contribution is 5.76. The van der Waals surface area contributed by atoms with Gasteiger partial charge < -0.3 is 4.90 Å². The summed E-state index contributed by atoms with van der Waals surface area (Å²) in [5, 5.41) is 0. The molecule has 2 fully saturated rings. The molecular weight excluding hydrogens is 174 g/mol. The van der Waals surface area contributed by atoms with Crippen LogP contribution in [0.1, 0.15) is 51.9 Å². The highest BCUT2D eigenvalue weighted by atomic mass is 16.2. The summed E-state index contributed by atoms with van der Waals surface area (Å²) in [6, 6.07) is 0.614. The standard InChI is InChI=1S/C12H21NO/c1-2-5-12(14)13-9-4-7-10-6-3-8-11(10)13/h10-11H,2-9H2,1H3. The number of likely N-dealkylation sites (tertiary alicyclic amines) is 1. The Balaban J connectivity index is 1.99. The van der Waals surface area contributed by atoms with E-state index in [1.807, 2.05) is 0 Å². The molecule has 0 aromatic rings. The molecule has 1 aliphatic heterocycles. The Kier molecular flexibility index (Phi) is 3.09. The zero-order chi connectivity index (χ0) is 9.97. The first-order valence-corrected chi connectivity index (χ1v) is 6.12. The molecule has 0 aromatic carbocycles. The van der Waals surface area contributed by atoms with Gasteiger partial charge in [-0.1, -0.05) is 13.3 Å². The van der Waals surface area contributed by atoms with Crippen LogP contribution >= 0.6 is 0 Å². The Hall–Kier alpha value is -0.530. The number of piperidine rings is 1. The lowest BCUT2D eigenvalue weighted by Gasteiger charge is -2.37. The highest BCUT2D eigenvalue weighted by Crippen LogP contribution is 2.36. The number of carbonyl (C=O) groups is 1. The van der Waals surface area contributed by atoms with E-state index in [1.165, 1.54) is 32.1 Å². The van der Waals surface area contributed by atoms with Gasteiger partial charge in [0.2, 0.25) is 5.91 Å². The van der Waals surface area contributed by atoms with Crippen LogP contribution in [-0.4, -0.2) is 23.4 Å². The molecule has 0 bridgehead atoms. The molecule has 1 heterocycles. The van der Waals surface area contributed by atoms with E-state index in [9.17, 15) is 4.79 Å². The van der Waals surface area contributed by atoms with Crippen molar-refractivity contribution in [1.29, 1.82) is 0 Å². The fraction of sp³-hybridized carbons (Fsp3) is 0.917. The summed E-state index contributed by atoms with van der Waals surface area (Å²) in [4.78, 5) is 14.1. The van der Waals surface area contributed by atoms with Crippen LogP contribution < -0.4 is 0 Å². The first kappa shape index (κ1) is 10.0. The Morgan fingerprint density at radius 3 is 2.86 bits per heavy atom. The minimum absolute atomic E-state index is 0.407. The first-order chi connectivity index (χ1) is 6.83. The summed E-state index contributed by atoms with van der Waals surface area (Å²) in [6.45, 7) is 3.12. The van der Waals surface area contributed by atoms with Gasteiger partial charge in [-0.15, -0.1) is 0 Å². The molecule has 2 atom stereocenters. The Morgan fingerprint density at radius 1 is 1.29 bits per heavy atom. The molecule has 80 valence electrons. The second-order valence-electron chi connectivity index (χ2n) is 4.74. The molecule has 0 spiro atoms. The fourth-order valence-corrected chi connectivity index (χ4v) is 3.12. The van der Waals surface area contributed by atoms with E-state index < -0.39 is 0 Å². The van der Waals surface area contributed by atoms with Crippen molar-refractivity contribution in [2.24, 2.45) is 5.92 Å². The number of hydrogen-bond donors (Lipinski definition) is 0. The van der Waals surface area contributed by atoms with E-state index in [0.717, 1.165) is 25.3 Å². The minimum Gasteiger partial charge on any atom is -0.339 e. The van der Waals surface area contributed by atoms with E-state index in [0.29, 0.717) is 11.9 Å². The molecule has 1 aliphatic carbocycles. The zero-order valence-electron chi connectivity index (χ0n) is 9.17. The highest BCUT2D eigenvalue weighted by Gasteiger charge is 2.36. The molecule has 2 unspecified atom stereocenters. The van der Waals surface area contributed by atoms with Crippen LogP contribution in [0.2, 0.25) is 0 Å². The van der Waals surface area contributed by atoms with Gasteiger partial charge in [0.25, 0.3) is 0 Å². The lowest BCUT2D eigenvalue weighted by atomic mass is 9.91. The maximum Gasteiger partial charge on any atom is 0.222 e. The van der Waals surface area contributed by atoms with E-state index >= 15 is 0 Å². The van der Waals surface area contributed by atoms with Crippen LogP contribution in [0.5, 0.6) is 0 Å². The predicted octanol–water partition coefficient (Wildman–Crippen LogP) is 2.58. The normalized spacial score (nSPS) is 31.6. The van der Waals surface area contributed by atoms with E-state index in [4.69, 9.17) is 0 Å². The molecule has 2 nitrogen and oxygen atoms in total. The van der Waals surface area contributed by atoms with Crippen molar-refractivity contribution in [3.05, 3.63) is 0 Å². The third kappa shape index (κ3) is 1.79. The Bertz CT molecular complexity index is 214. The molecule has 2 heteroatoms. The number of hydrogen-bond acceptors (Lipinski definition) is 1. The van der Waals surface area contributed by atoms with Gasteiger partial charge in [-0.25, -0.2) is 0 Å². The summed E-state index contributed by atoms with van der Waals surface area (Å²) >= 11 is 0. The SMILES string of the molecule is CCCC(=O)N1CCCC2CCCC21. The second-order valence-corrected chi connectivity index (χ2v) is 4.74. The van der Waals surface area contributed by atoms with Crippen molar-refractivity contribution in [2.45, 2.75) is 57.9 Å². The number of fused-ring (bicyclic) bond motifs is 1. The monoisotopic (exact) mass is 195 g/mol. The maximum absolute atomic E-state index is 11.9.